The van der Waals surface area contributed by atoms with Gasteiger partial charge in [0.25, 0.3) is 0 Å². The molecule has 0 spiro atoms. The molecule has 5 nitrogen and oxygen atoms in total. The van der Waals surface area contributed by atoms with E-state index >= 15 is 0 Å². The van der Waals surface area contributed by atoms with Gasteiger partial charge in [-0.15, -0.1) is 0 Å². The number of thiocarbonyl (C=S) groups is 1. The molecule has 0 saturated heterocycles. The number of carbonyl (C=O) groups excluding carboxylic acids is 1. The van der Waals surface area contributed by atoms with Crippen LogP contribution in [-0.2, 0) is 4.79 Å². The maximum Gasteiger partial charge on any atom is 0.250 e. The molecule has 0 radical (unpaired) electrons. The van der Waals surface area contributed by atoms with E-state index in [2.05, 4.69) is 10.6 Å². The van der Waals surface area contributed by atoms with Crippen molar-refractivity contribution >= 4 is 35.0 Å². The second-order valence-electron chi connectivity index (χ2n) is 4.98. The molecule has 1 amide bonds. The first kappa shape index (κ1) is 18.5. The second-order valence-corrected chi connectivity index (χ2v) is 5.38. The summed E-state index contributed by atoms with van der Waals surface area (Å²) in [5, 5.41) is 5.77. The van der Waals surface area contributed by atoms with Crippen LogP contribution in [0.5, 0.6) is 11.5 Å². The molecule has 0 aromatic heterocycles. The van der Waals surface area contributed by atoms with Gasteiger partial charge in [-0.25, -0.2) is 0 Å². The largest absolute Gasteiger partial charge is 0.496 e. The Morgan fingerprint density at radius 1 is 1.16 bits per heavy atom. The molecular formula is C19H20N2O3S. The molecule has 0 saturated carbocycles. The van der Waals surface area contributed by atoms with Crippen LogP contribution >= 0.6 is 12.2 Å². The van der Waals surface area contributed by atoms with Crippen molar-refractivity contribution in [1.29, 1.82) is 0 Å². The third kappa shape index (κ3) is 5.93. The molecule has 0 atom stereocenters. The monoisotopic (exact) mass is 356 g/mol. The molecule has 6 heteroatoms. The van der Waals surface area contributed by atoms with E-state index in [9.17, 15) is 4.79 Å². The quantitative estimate of drug-likeness (QED) is 0.611. The van der Waals surface area contributed by atoms with Gasteiger partial charge in [0.2, 0.25) is 5.91 Å². The smallest absolute Gasteiger partial charge is 0.250 e. The first-order valence-corrected chi connectivity index (χ1v) is 8.19. The molecule has 2 rings (SSSR count). The van der Waals surface area contributed by atoms with Crippen LogP contribution in [0.1, 0.15) is 12.5 Å². The minimum absolute atomic E-state index is 0.221. The van der Waals surface area contributed by atoms with Crippen LogP contribution in [0.3, 0.4) is 0 Å². The minimum atomic E-state index is -0.325. The third-order valence-electron chi connectivity index (χ3n) is 3.21. The number of rotatable bonds is 6. The summed E-state index contributed by atoms with van der Waals surface area (Å²) >= 11 is 5.14. The highest BCUT2D eigenvalue weighted by atomic mass is 32.1. The summed E-state index contributed by atoms with van der Waals surface area (Å²) in [7, 11) is 1.59. The van der Waals surface area contributed by atoms with Gasteiger partial charge in [0, 0.05) is 17.3 Å². The zero-order valence-corrected chi connectivity index (χ0v) is 14.9. The number of benzene rings is 2. The van der Waals surface area contributed by atoms with Crippen molar-refractivity contribution in [3.63, 3.8) is 0 Å². The van der Waals surface area contributed by atoms with E-state index in [-0.39, 0.29) is 11.0 Å². The summed E-state index contributed by atoms with van der Waals surface area (Å²) in [5.74, 6) is 1.15. The van der Waals surface area contributed by atoms with E-state index in [1.807, 2.05) is 55.5 Å². The second kappa shape index (κ2) is 9.44. The highest BCUT2D eigenvalue weighted by molar-refractivity contribution is 7.80. The summed E-state index contributed by atoms with van der Waals surface area (Å²) in [6.45, 7) is 2.54. The molecule has 0 unspecified atom stereocenters. The highest BCUT2D eigenvalue weighted by Gasteiger charge is 2.03. The molecule has 0 bridgehead atoms. The van der Waals surface area contributed by atoms with Crippen LogP contribution in [0.15, 0.2) is 54.6 Å². The molecule has 130 valence electrons. The summed E-state index contributed by atoms with van der Waals surface area (Å²) in [4.78, 5) is 12.0. The van der Waals surface area contributed by atoms with E-state index in [1.165, 1.54) is 6.08 Å². The van der Waals surface area contributed by atoms with Crippen molar-refractivity contribution in [3.05, 3.63) is 60.2 Å². The van der Waals surface area contributed by atoms with Crippen LogP contribution in [0.25, 0.3) is 6.08 Å². The number of carbonyl (C=O) groups is 1. The Bertz CT molecular complexity index is 758. The van der Waals surface area contributed by atoms with Gasteiger partial charge in [0.05, 0.1) is 13.7 Å². The fourth-order valence-electron chi connectivity index (χ4n) is 2.09. The van der Waals surface area contributed by atoms with Gasteiger partial charge >= 0.3 is 0 Å². The van der Waals surface area contributed by atoms with Gasteiger partial charge in [-0.05, 0) is 55.5 Å². The Hall–Kier alpha value is -2.86. The number of ether oxygens (including phenoxy) is 2. The molecule has 0 aliphatic heterocycles. The minimum Gasteiger partial charge on any atom is -0.496 e. The fourth-order valence-corrected chi connectivity index (χ4v) is 2.31. The molecule has 0 heterocycles. The van der Waals surface area contributed by atoms with Crippen LogP contribution in [0.2, 0.25) is 0 Å². The van der Waals surface area contributed by atoms with Crippen molar-refractivity contribution in [2.24, 2.45) is 0 Å². The van der Waals surface area contributed by atoms with Crippen molar-refractivity contribution in [3.8, 4) is 11.5 Å². The maximum atomic E-state index is 12.0. The summed E-state index contributed by atoms with van der Waals surface area (Å²) < 4.78 is 10.6. The van der Waals surface area contributed by atoms with Crippen molar-refractivity contribution < 1.29 is 14.3 Å². The molecule has 2 aromatic carbocycles. The van der Waals surface area contributed by atoms with Gasteiger partial charge in [-0.3, -0.25) is 10.1 Å². The Balaban J connectivity index is 1.89. The standard InChI is InChI=1S/C19H20N2O3S/c1-3-24-16-11-9-15(10-12-16)20-19(25)21-18(22)13-8-14-6-4-5-7-17(14)23-2/h4-13H,3H2,1-2H3,(H2,20,21,22,25). The van der Waals surface area contributed by atoms with Gasteiger partial charge < -0.3 is 14.8 Å². The number of anilines is 1. The fraction of sp³-hybridized carbons (Fsp3) is 0.158. The van der Waals surface area contributed by atoms with Crippen LogP contribution in [0, 0.1) is 0 Å². The van der Waals surface area contributed by atoms with E-state index in [0.29, 0.717) is 12.4 Å². The molecule has 0 fully saturated rings. The van der Waals surface area contributed by atoms with Gasteiger partial charge in [0.15, 0.2) is 5.11 Å². The van der Waals surface area contributed by atoms with E-state index in [0.717, 1.165) is 17.0 Å². The van der Waals surface area contributed by atoms with Crippen LogP contribution in [0.4, 0.5) is 5.69 Å². The summed E-state index contributed by atoms with van der Waals surface area (Å²) in [6.07, 6.45) is 3.08. The number of nitrogens with one attached hydrogen (secondary N) is 2. The average Bonchev–Trinajstić information content (AvgIpc) is 2.62. The zero-order valence-electron chi connectivity index (χ0n) is 14.1. The molecular weight excluding hydrogens is 336 g/mol. The third-order valence-corrected chi connectivity index (χ3v) is 3.42. The lowest BCUT2D eigenvalue weighted by Gasteiger charge is -2.09. The summed E-state index contributed by atoms with van der Waals surface area (Å²) in [5.41, 5.74) is 1.58. The van der Waals surface area contributed by atoms with Crippen molar-refractivity contribution in [2.75, 3.05) is 19.0 Å². The van der Waals surface area contributed by atoms with E-state index < -0.39 is 0 Å². The Morgan fingerprint density at radius 2 is 1.88 bits per heavy atom. The van der Waals surface area contributed by atoms with Gasteiger partial charge in [0.1, 0.15) is 11.5 Å². The van der Waals surface area contributed by atoms with E-state index in [1.54, 1.807) is 13.2 Å². The molecule has 0 aliphatic rings. The number of hydrogen-bond donors (Lipinski definition) is 2. The predicted molar refractivity (Wildman–Crippen MR) is 104 cm³/mol. The topological polar surface area (TPSA) is 59.6 Å². The molecule has 2 aromatic rings. The van der Waals surface area contributed by atoms with Gasteiger partial charge in [-0.1, -0.05) is 18.2 Å². The number of para-hydroxylation sites is 1. The first-order chi connectivity index (χ1) is 12.1. The average molecular weight is 356 g/mol. The number of amides is 1. The summed E-state index contributed by atoms with van der Waals surface area (Å²) in [6, 6.07) is 14.7. The highest BCUT2D eigenvalue weighted by Crippen LogP contribution is 2.18. The Kier molecular flexibility index (Phi) is 6.98. The van der Waals surface area contributed by atoms with Gasteiger partial charge in [-0.2, -0.15) is 0 Å². The van der Waals surface area contributed by atoms with Crippen LogP contribution < -0.4 is 20.1 Å². The van der Waals surface area contributed by atoms with Crippen molar-refractivity contribution in [2.45, 2.75) is 6.92 Å². The lowest BCUT2D eigenvalue weighted by atomic mass is 10.2. The maximum absolute atomic E-state index is 12.0. The number of methoxy groups -OCH3 is 1. The Labute approximate surface area is 152 Å². The van der Waals surface area contributed by atoms with Crippen molar-refractivity contribution in [1.82, 2.24) is 5.32 Å². The molecule has 25 heavy (non-hydrogen) atoms. The zero-order chi connectivity index (χ0) is 18.1. The normalized spacial score (nSPS) is 10.3. The van der Waals surface area contributed by atoms with E-state index in [4.69, 9.17) is 21.7 Å². The van der Waals surface area contributed by atoms with Crippen LogP contribution in [-0.4, -0.2) is 24.7 Å². The number of hydrogen-bond acceptors (Lipinski definition) is 4. The Morgan fingerprint density at radius 3 is 2.56 bits per heavy atom. The lowest BCUT2D eigenvalue weighted by Crippen LogP contribution is -2.32. The molecule has 2 N–H and O–H groups in total. The SMILES string of the molecule is CCOc1ccc(NC(=S)NC(=O)C=Cc2ccccc2OC)cc1. The lowest BCUT2D eigenvalue weighted by molar-refractivity contribution is -0.115. The first-order valence-electron chi connectivity index (χ1n) is 7.78. The molecule has 0 aliphatic carbocycles. The predicted octanol–water partition coefficient (Wildman–Crippen LogP) is 3.62.